The fourth-order valence-corrected chi connectivity index (χ4v) is 3.76. The summed E-state index contributed by atoms with van der Waals surface area (Å²) in [5.41, 5.74) is 5.63. The lowest BCUT2D eigenvalue weighted by Gasteiger charge is -2.13. The molecule has 0 saturated heterocycles. The molecule has 0 fully saturated rings. The number of aromatic nitrogens is 1. The molecule has 0 aliphatic carbocycles. The van der Waals surface area contributed by atoms with Gasteiger partial charge in [0.1, 0.15) is 34.4 Å². The van der Waals surface area contributed by atoms with Crippen molar-refractivity contribution >= 4 is 29.1 Å². The zero-order valence-electron chi connectivity index (χ0n) is 15.7. The van der Waals surface area contributed by atoms with E-state index in [9.17, 15) is 29.8 Å². The Bertz CT molecular complexity index is 1280. The van der Waals surface area contributed by atoms with Gasteiger partial charge in [-0.25, -0.2) is 9.37 Å². The molecule has 0 radical (unpaired) electrons. The molecule has 1 aromatic heterocycles. The number of hydrogen-bond donors (Lipinski definition) is 1. The number of Topliss-reactive ketones (excluding diaryl/α,β-unsaturated/α-hetero) is 1. The highest BCUT2D eigenvalue weighted by Gasteiger charge is 2.26. The van der Waals surface area contributed by atoms with E-state index in [2.05, 4.69) is 4.98 Å². The Balaban J connectivity index is 2.09. The number of nitrogens with zero attached hydrogens (tertiary/aromatic N) is 4. The predicted molar refractivity (Wildman–Crippen MR) is 112 cm³/mol. The topological polar surface area (TPSA) is 147 Å². The number of halogens is 1. The van der Waals surface area contributed by atoms with Crippen molar-refractivity contribution in [3.63, 3.8) is 0 Å². The predicted octanol–water partition coefficient (Wildman–Crippen LogP) is 4.10. The van der Waals surface area contributed by atoms with E-state index in [4.69, 9.17) is 5.73 Å². The van der Waals surface area contributed by atoms with Crippen molar-refractivity contribution in [1.82, 2.24) is 4.98 Å². The standard InChI is InChI=1S/C21H12FN5O3S/c22-13-7-5-12(6-8-13)18(28)11-31-21-16(10-24)19(15(9-23)20(25)26-21)14-3-1-2-4-17(14)27(29)30/h1-8H,11H2,(H2,25,26). The van der Waals surface area contributed by atoms with Crippen LogP contribution in [0.25, 0.3) is 11.1 Å². The van der Waals surface area contributed by atoms with Crippen LogP contribution in [0.1, 0.15) is 21.5 Å². The van der Waals surface area contributed by atoms with E-state index in [1.807, 2.05) is 12.1 Å². The Hall–Kier alpha value is -4.28. The number of anilines is 1. The summed E-state index contributed by atoms with van der Waals surface area (Å²) in [7, 11) is 0. The first-order chi connectivity index (χ1) is 14.9. The molecular formula is C21H12FN5O3S. The third kappa shape index (κ3) is 4.34. The molecule has 0 aliphatic heterocycles. The van der Waals surface area contributed by atoms with E-state index in [1.54, 1.807) is 0 Å². The molecule has 0 amide bonds. The summed E-state index contributed by atoms with van der Waals surface area (Å²) in [5.74, 6) is -1.18. The Labute approximate surface area is 179 Å². The molecule has 2 N–H and O–H groups in total. The smallest absolute Gasteiger partial charge is 0.277 e. The van der Waals surface area contributed by atoms with Gasteiger partial charge in [0.15, 0.2) is 5.78 Å². The fourth-order valence-electron chi connectivity index (χ4n) is 2.87. The summed E-state index contributed by atoms with van der Waals surface area (Å²) < 4.78 is 13.1. The van der Waals surface area contributed by atoms with Gasteiger partial charge in [-0.05, 0) is 30.3 Å². The first-order valence-corrected chi connectivity index (χ1v) is 9.65. The SMILES string of the molecule is N#Cc1c(N)nc(SCC(=O)c2ccc(F)cc2)c(C#N)c1-c1ccccc1[N+](=O)[O-]. The van der Waals surface area contributed by atoms with Crippen LogP contribution in [0.4, 0.5) is 15.9 Å². The number of nitro groups is 1. The van der Waals surface area contributed by atoms with Gasteiger partial charge in [-0.3, -0.25) is 14.9 Å². The molecule has 0 unspecified atom stereocenters. The fraction of sp³-hybridized carbons (Fsp3) is 0.0476. The lowest BCUT2D eigenvalue weighted by molar-refractivity contribution is -0.384. The van der Waals surface area contributed by atoms with Gasteiger partial charge in [-0.2, -0.15) is 10.5 Å². The van der Waals surface area contributed by atoms with Crippen LogP contribution in [-0.2, 0) is 0 Å². The zero-order valence-corrected chi connectivity index (χ0v) is 16.5. The number of para-hydroxylation sites is 1. The van der Waals surface area contributed by atoms with E-state index in [-0.39, 0.29) is 55.9 Å². The maximum atomic E-state index is 13.1. The number of ketones is 1. The number of hydrogen-bond acceptors (Lipinski definition) is 8. The van der Waals surface area contributed by atoms with Crippen molar-refractivity contribution in [2.45, 2.75) is 5.03 Å². The van der Waals surface area contributed by atoms with E-state index < -0.39 is 10.7 Å². The highest BCUT2D eigenvalue weighted by atomic mass is 32.2. The molecule has 8 nitrogen and oxygen atoms in total. The largest absolute Gasteiger partial charge is 0.383 e. The van der Waals surface area contributed by atoms with Gasteiger partial charge >= 0.3 is 0 Å². The minimum Gasteiger partial charge on any atom is -0.383 e. The summed E-state index contributed by atoms with van der Waals surface area (Å²) in [6, 6.07) is 14.4. The molecule has 0 atom stereocenters. The van der Waals surface area contributed by atoms with Gasteiger partial charge in [0.05, 0.1) is 21.8 Å². The zero-order chi connectivity index (χ0) is 22.5. The molecule has 3 aromatic rings. The summed E-state index contributed by atoms with van der Waals surface area (Å²) in [6.45, 7) is 0. The average molecular weight is 433 g/mol. The van der Waals surface area contributed by atoms with E-state index in [0.717, 1.165) is 23.9 Å². The van der Waals surface area contributed by atoms with E-state index >= 15 is 0 Å². The van der Waals surface area contributed by atoms with Gasteiger partial charge in [0.2, 0.25) is 0 Å². The Morgan fingerprint density at radius 3 is 2.39 bits per heavy atom. The number of benzene rings is 2. The van der Waals surface area contributed by atoms with Crippen molar-refractivity contribution in [3.8, 4) is 23.3 Å². The second kappa shape index (κ2) is 9.03. The van der Waals surface area contributed by atoms with Gasteiger partial charge in [-0.15, -0.1) is 0 Å². The van der Waals surface area contributed by atoms with Gasteiger partial charge < -0.3 is 5.73 Å². The van der Waals surface area contributed by atoms with Crippen LogP contribution in [0.2, 0.25) is 0 Å². The maximum absolute atomic E-state index is 13.1. The van der Waals surface area contributed by atoms with Crippen molar-refractivity contribution in [2.24, 2.45) is 0 Å². The Kier molecular flexibility index (Phi) is 6.24. The van der Waals surface area contributed by atoms with Gasteiger partial charge in [0.25, 0.3) is 5.69 Å². The second-order valence-electron chi connectivity index (χ2n) is 6.14. The minimum absolute atomic E-state index is 0.0125. The highest BCUT2D eigenvalue weighted by molar-refractivity contribution is 8.00. The second-order valence-corrected chi connectivity index (χ2v) is 7.11. The minimum atomic E-state index is -0.626. The molecule has 2 aromatic carbocycles. The van der Waals surface area contributed by atoms with Gasteiger partial charge in [-0.1, -0.05) is 23.9 Å². The molecule has 3 rings (SSSR count). The summed E-state index contributed by atoms with van der Waals surface area (Å²) in [5, 5.41) is 30.8. The molecule has 0 saturated carbocycles. The van der Waals surface area contributed by atoms with E-state index in [0.29, 0.717) is 0 Å². The third-order valence-electron chi connectivity index (χ3n) is 4.29. The quantitative estimate of drug-likeness (QED) is 0.264. The van der Waals surface area contributed by atoms with Crippen LogP contribution >= 0.6 is 11.8 Å². The molecule has 10 heteroatoms. The number of nitrogen functional groups attached to an aromatic ring is 1. The van der Waals surface area contributed by atoms with Crippen LogP contribution in [-0.4, -0.2) is 21.4 Å². The molecule has 31 heavy (non-hydrogen) atoms. The normalized spacial score (nSPS) is 10.2. The number of carbonyl (C=O) groups excluding carboxylic acids is 1. The van der Waals surface area contributed by atoms with Crippen LogP contribution in [0, 0.1) is 38.6 Å². The van der Waals surface area contributed by atoms with Crippen LogP contribution < -0.4 is 5.73 Å². The average Bonchev–Trinajstić information content (AvgIpc) is 2.77. The number of nitrogens with two attached hydrogens (primary N) is 1. The monoisotopic (exact) mass is 433 g/mol. The van der Waals surface area contributed by atoms with Gasteiger partial charge in [0, 0.05) is 17.2 Å². The summed E-state index contributed by atoms with van der Waals surface area (Å²) >= 11 is 0.899. The van der Waals surface area contributed by atoms with Crippen LogP contribution in [0.15, 0.2) is 53.6 Å². The number of thioether (sulfide) groups is 1. The molecular weight excluding hydrogens is 421 g/mol. The Morgan fingerprint density at radius 2 is 1.77 bits per heavy atom. The van der Waals surface area contributed by atoms with Crippen LogP contribution in [0.3, 0.4) is 0 Å². The molecule has 1 heterocycles. The highest BCUT2D eigenvalue weighted by Crippen LogP contribution is 2.39. The number of rotatable bonds is 6. The lowest BCUT2D eigenvalue weighted by Crippen LogP contribution is -2.07. The summed E-state index contributed by atoms with van der Waals surface area (Å²) in [6.07, 6.45) is 0. The first kappa shape index (κ1) is 21.4. The van der Waals surface area contributed by atoms with Crippen molar-refractivity contribution in [2.75, 3.05) is 11.5 Å². The molecule has 0 bridgehead atoms. The molecule has 0 spiro atoms. The third-order valence-corrected chi connectivity index (χ3v) is 5.27. The molecule has 152 valence electrons. The van der Waals surface area contributed by atoms with E-state index in [1.165, 1.54) is 36.4 Å². The number of carbonyl (C=O) groups is 1. The van der Waals surface area contributed by atoms with Crippen LogP contribution in [0.5, 0.6) is 0 Å². The first-order valence-electron chi connectivity index (χ1n) is 8.66. The Morgan fingerprint density at radius 1 is 1.13 bits per heavy atom. The maximum Gasteiger partial charge on any atom is 0.277 e. The van der Waals surface area contributed by atoms with Crippen molar-refractivity contribution in [1.29, 1.82) is 10.5 Å². The molecule has 0 aliphatic rings. The number of pyridine rings is 1. The van der Waals surface area contributed by atoms with Crippen molar-refractivity contribution in [3.05, 3.63) is 81.2 Å². The number of nitro benzene ring substituents is 1. The lowest BCUT2D eigenvalue weighted by atomic mass is 9.95. The summed E-state index contributed by atoms with van der Waals surface area (Å²) in [4.78, 5) is 27.3. The number of nitriles is 2. The van der Waals surface area contributed by atoms with Crippen molar-refractivity contribution < 1.29 is 14.1 Å².